The van der Waals surface area contributed by atoms with Crippen LogP contribution in [0.4, 0.5) is 11.5 Å². The van der Waals surface area contributed by atoms with E-state index in [9.17, 15) is 0 Å². The Morgan fingerprint density at radius 1 is 0.952 bits per heavy atom. The summed E-state index contributed by atoms with van der Waals surface area (Å²) in [5.74, 6) is 1.06. The number of para-hydroxylation sites is 1. The van der Waals surface area contributed by atoms with Crippen LogP contribution in [0.1, 0.15) is 5.69 Å². The molecule has 1 aliphatic rings. The van der Waals surface area contributed by atoms with Crippen LogP contribution >= 0.6 is 11.8 Å². The zero-order chi connectivity index (χ0) is 14.7. The molecule has 0 unspecified atom stereocenters. The predicted octanol–water partition coefficient (Wildman–Crippen LogP) is 2.83. The largest absolute Gasteiger partial charge is 0.368 e. The highest BCUT2D eigenvalue weighted by Crippen LogP contribution is 2.21. The van der Waals surface area contributed by atoms with Crippen molar-refractivity contribution in [2.45, 2.75) is 12.1 Å². The number of hydrogen-bond donors (Lipinski definition) is 0. The van der Waals surface area contributed by atoms with Gasteiger partial charge < -0.3 is 9.80 Å². The van der Waals surface area contributed by atoms with Crippen LogP contribution in [-0.2, 0) is 0 Å². The molecule has 4 nitrogen and oxygen atoms in total. The molecule has 1 saturated heterocycles. The first-order valence-corrected chi connectivity index (χ1v) is 8.43. The molecule has 0 spiro atoms. The summed E-state index contributed by atoms with van der Waals surface area (Å²) in [7, 11) is 0. The van der Waals surface area contributed by atoms with Crippen LogP contribution < -0.4 is 9.80 Å². The highest BCUT2D eigenvalue weighted by molar-refractivity contribution is 7.98. The average molecular weight is 300 g/mol. The Kier molecular flexibility index (Phi) is 4.29. The predicted molar refractivity (Wildman–Crippen MR) is 89.4 cm³/mol. The van der Waals surface area contributed by atoms with Gasteiger partial charge in [-0.15, -0.1) is 0 Å². The second-order valence-electron chi connectivity index (χ2n) is 5.16. The van der Waals surface area contributed by atoms with E-state index in [2.05, 4.69) is 56.2 Å². The second kappa shape index (κ2) is 6.35. The Bertz CT molecular complexity index is 594. The van der Waals surface area contributed by atoms with Gasteiger partial charge in [-0.2, -0.15) is 0 Å². The van der Waals surface area contributed by atoms with Crippen LogP contribution in [0.5, 0.6) is 0 Å². The molecule has 3 rings (SSSR count). The molecule has 0 N–H and O–H groups in total. The van der Waals surface area contributed by atoms with E-state index in [1.807, 2.05) is 13.2 Å². The minimum absolute atomic E-state index is 0.857. The number of anilines is 2. The summed E-state index contributed by atoms with van der Waals surface area (Å²) in [6, 6.07) is 12.7. The number of benzene rings is 1. The molecule has 21 heavy (non-hydrogen) atoms. The minimum atomic E-state index is 0.857. The van der Waals surface area contributed by atoms with Crippen molar-refractivity contribution < 1.29 is 0 Å². The molecule has 0 aliphatic carbocycles. The van der Waals surface area contributed by atoms with E-state index in [1.165, 1.54) is 5.69 Å². The van der Waals surface area contributed by atoms with E-state index in [0.29, 0.717) is 0 Å². The fourth-order valence-corrected chi connectivity index (χ4v) is 3.03. The normalized spacial score (nSPS) is 15.3. The van der Waals surface area contributed by atoms with Gasteiger partial charge in [0.2, 0.25) is 0 Å². The molecule has 110 valence electrons. The number of aromatic nitrogens is 2. The quantitative estimate of drug-likeness (QED) is 0.643. The van der Waals surface area contributed by atoms with E-state index in [4.69, 9.17) is 0 Å². The highest BCUT2D eigenvalue weighted by Gasteiger charge is 2.19. The number of hydrogen-bond acceptors (Lipinski definition) is 5. The molecule has 5 heteroatoms. The number of aryl methyl sites for hydroxylation is 1. The van der Waals surface area contributed by atoms with Gasteiger partial charge in [0.05, 0.1) is 0 Å². The fourth-order valence-electron chi connectivity index (χ4n) is 2.61. The van der Waals surface area contributed by atoms with Gasteiger partial charge >= 0.3 is 0 Å². The molecule has 1 aromatic carbocycles. The molecule has 1 aliphatic heterocycles. The van der Waals surface area contributed by atoms with Gasteiger partial charge in [-0.05, 0) is 25.3 Å². The Labute approximate surface area is 130 Å². The Balaban J connectivity index is 1.70. The van der Waals surface area contributed by atoms with Gasteiger partial charge in [0.25, 0.3) is 0 Å². The molecule has 2 heterocycles. The molecule has 0 bridgehead atoms. The first-order valence-electron chi connectivity index (χ1n) is 7.21. The van der Waals surface area contributed by atoms with Crippen LogP contribution in [0.2, 0.25) is 0 Å². The standard InChI is InChI=1S/C16H20N4S/c1-13-12-15(18-16(17-13)21-2)20-10-8-19(9-11-20)14-6-4-3-5-7-14/h3-7,12H,8-11H2,1-2H3. The minimum Gasteiger partial charge on any atom is -0.368 e. The molecular weight excluding hydrogens is 280 g/mol. The van der Waals surface area contributed by atoms with Crippen molar-refractivity contribution in [3.05, 3.63) is 42.1 Å². The van der Waals surface area contributed by atoms with Gasteiger partial charge in [-0.1, -0.05) is 30.0 Å². The Hall–Kier alpha value is -1.75. The van der Waals surface area contributed by atoms with Gasteiger partial charge in [0.15, 0.2) is 5.16 Å². The maximum atomic E-state index is 4.63. The third-order valence-electron chi connectivity index (χ3n) is 3.73. The van der Waals surface area contributed by atoms with Crippen LogP contribution in [-0.4, -0.2) is 42.4 Å². The van der Waals surface area contributed by atoms with Gasteiger partial charge in [-0.3, -0.25) is 0 Å². The summed E-state index contributed by atoms with van der Waals surface area (Å²) in [6.45, 7) is 6.09. The Morgan fingerprint density at radius 2 is 1.62 bits per heavy atom. The number of piperazine rings is 1. The second-order valence-corrected chi connectivity index (χ2v) is 5.94. The molecule has 1 fully saturated rings. The summed E-state index contributed by atoms with van der Waals surface area (Å²) < 4.78 is 0. The smallest absolute Gasteiger partial charge is 0.189 e. The van der Waals surface area contributed by atoms with Crippen molar-refractivity contribution in [3.63, 3.8) is 0 Å². The van der Waals surface area contributed by atoms with E-state index in [0.717, 1.165) is 42.8 Å². The lowest BCUT2D eigenvalue weighted by molar-refractivity contribution is 0.642. The van der Waals surface area contributed by atoms with E-state index < -0.39 is 0 Å². The first-order chi connectivity index (χ1) is 10.3. The molecule has 2 aromatic rings. The van der Waals surface area contributed by atoms with E-state index in [-0.39, 0.29) is 0 Å². The Morgan fingerprint density at radius 3 is 2.29 bits per heavy atom. The summed E-state index contributed by atoms with van der Waals surface area (Å²) in [5.41, 5.74) is 2.34. The molecule has 0 saturated carbocycles. The topological polar surface area (TPSA) is 32.3 Å². The van der Waals surface area contributed by atoms with Crippen molar-refractivity contribution in [3.8, 4) is 0 Å². The SMILES string of the molecule is CSc1nc(C)cc(N2CCN(c3ccccc3)CC2)n1. The molecule has 1 aromatic heterocycles. The van der Waals surface area contributed by atoms with Crippen LogP contribution in [0.3, 0.4) is 0 Å². The van der Waals surface area contributed by atoms with Crippen LogP contribution in [0.15, 0.2) is 41.6 Å². The first kappa shape index (κ1) is 14.2. The zero-order valence-electron chi connectivity index (χ0n) is 12.5. The summed E-state index contributed by atoms with van der Waals surface area (Å²) >= 11 is 1.60. The third kappa shape index (κ3) is 3.29. The van der Waals surface area contributed by atoms with Crippen molar-refractivity contribution in [2.75, 3.05) is 42.2 Å². The van der Waals surface area contributed by atoms with Crippen LogP contribution in [0.25, 0.3) is 0 Å². The summed E-state index contributed by atoms with van der Waals surface area (Å²) in [6.07, 6.45) is 2.02. The summed E-state index contributed by atoms with van der Waals surface area (Å²) in [5, 5.41) is 0.857. The van der Waals surface area contributed by atoms with Gasteiger partial charge in [0, 0.05) is 43.6 Å². The maximum Gasteiger partial charge on any atom is 0.189 e. The number of thioether (sulfide) groups is 1. The third-order valence-corrected chi connectivity index (χ3v) is 4.28. The maximum absolute atomic E-state index is 4.63. The lowest BCUT2D eigenvalue weighted by Gasteiger charge is -2.36. The zero-order valence-corrected chi connectivity index (χ0v) is 13.3. The molecule has 0 atom stereocenters. The van der Waals surface area contributed by atoms with Crippen molar-refractivity contribution in [1.29, 1.82) is 0 Å². The number of nitrogens with zero attached hydrogens (tertiary/aromatic N) is 4. The van der Waals surface area contributed by atoms with Gasteiger partial charge in [0.1, 0.15) is 5.82 Å². The average Bonchev–Trinajstić information content (AvgIpc) is 2.55. The molecule has 0 radical (unpaired) electrons. The van der Waals surface area contributed by atoms with Crippen molar-refractivity contribution in [2.24, 2.45) is 0 Å². The van der Waals surface area contributed by atoms with Crippen molar-refractivity contribution in [1.82, 2.24) is 9.97 Å². The van der Waals surface area contributed by atoms with Gasteiger partial charge in [-0.25, -0.2) is 9.97 Å². The lowest BCUT2D eigenvalue weighted by atomic mass is 10.2. The van der Waals surface area contributed by atoms with E-state index >= 15 is 0 Å². The fraction of sp³-hybridized carbons (Fsp3) is 0.375. The molecular formula is C16H20N4S. The highest BCUT2D eigenvalue weighted by atomic mass is 32.2. The number of rotatable bonds is 3. The van der Waals surface area contributed by atoms with E-state index in [1.54, 1.807) is 11.8 Å². The lowest BCUT2D eigenvalue weighted by Crippen LogP contribution is -2.46. The summed E-state index contributed by atoms with van der Waals surface area (Å²) in [4.78, 5) is 13.8. The molecule has 0 amide bonds. The van der Waals surface area contributed by atoms with Crippen LogP contribution in [0, 0.1) is 6.92 Å². The monoisotopic (exact) mass is 300 g/mol. The van der Waals surface area contributed by atoms with Crippen molar-refractivity contribution >= 4 is 23.3 Å².